The number of amides is 1. The Hall–Kier alpha value is -3.11. The number of piperazine rings is 1. The van der Waals surface area contributed by atoms with Gasteiger partial charge in [0.15, 0.2) is 5.82 Å². The Labute approximate surface area is 213 Å². The normalized spacial score (nSPS) is 15.7. The molecular weight excluding hydrogens is 482 g/mol. The number of thiophene rings is 1. The second-order valence-corrected chi connectivity index (χ2v) is 10.1. The third kappa shape index (κ3) is 5.28. The summed E-state index contributed by atoms with van der Waals surface area (Å²) in [6.45, 7) is 5.39. The lowest BCUT2D eigenvalue weighted by molar-refractivity contribution is -0.114. The van der Waals surface area contributed by atoms with Gasteiger partial charge in [-0.1, -0.05) is 23.7 Å². The van der Waals surface area contributed by atoms with Crippen molar-refractivity contribution in [3.63, 3.8) is 0 Å². The van der Waals surface area contributed by atoms with Crippen LogP contribution in [0.5, 0.6) is 0 Å². The van der Waals surface area contributed by atoms with Crippen molar-refractivity contribution in [3.8, 4) is 21.1 Å². The van der Waals surface area contributed by atoms with Crippen LogP contribution in [-0.2, 0) is 4.79 Å². The Kier molecular flexibility index (Phi) is 6.92. The lowest BCUT2D eigenvalue weighted by Gasteiger charge is -2.38. The molecule has 1 aliphatic heterocycles. The summed E-state index contributed by atoms with van der Waals surface area (Å²) >= 11 is 7.89. The first-order valence-electron chi connectivity index (χ1n) is 11.4. The number of halogens is 1. The van der Waals surface area contributed by atoms with E-state index < -0.39 is 0 Å². The molecule has 3 aromatic heterocycles. The summed E-state index contributed by atoms with van der Waals surface area (Å²) in [6.07, 6.45) is 3.32. The minimum absolute atomic E-state index is 0.0303. The zero-order chi connectivity index (χ0) is 24.4. The summed E-state index contributed by atoms with van der Waals surface area (Å²) in [5.74, 6) is 1.11. The highest BCUT2D eigenvalue weighted by Gasteiger charge is 2.30. The summed E-state index contributed by atoms with van der Waals surface area (Å²) in [4.78, 5) is 26.0. The molecule has 180 valence electrons. The van der Waals surface area contributed by atoms with Gasteiger partial charge in [-0.05, 0) is 54.1 Å². The van der Waals surface area contributed by atoms with Crippen molar-refractivity contribution < 1.29 is 4.79 Å². The van der Waals surface area contributed by atoms with Crippen molar-refractivity contribution >= 4 is 34.7 Å². The smallest absolute Gasteiger partial charge is 0.222 e. The van der Waals surface area contributed by atoms with Gasteiger partial charge in [-0.15, -0.1) is 21.5 Å². The molecule has 1 aromatic carbocycles. The molecule has 1 aliphatic rings. The van der Waals surface area contributed by atoms with E-state index in [4.69, 9.17) is 11.6 Å². The minimum Gasteiger partial charge on any atom is -0.327 e. The van der Waals surface area contributed by atoms with E-state index in [0.29, 0.717) is 5.82 Å². The Morgan fingerprint density at radius 3 is 2.60 bits per heavy atom. The summed E-state index contributed by atoms with van der Waals surface area (Å²) in [5.41, 5.74) is 3.32. The van der Waals surface area contributed by atoms with Gasteiger partial charge in [0.1, 0.15) is 12.1 Å². The van der Waals surface area contributed by atoms with Crippen LogP contribution < -0.4 is 5.32 Å². The van der Waals surface area contributed by atoms with Crippen molar-refractivity contribution in [2.75, 3.05) is 38.5 Å². The number of likely N-dealkylation sites (N-methyl/N-ethyl adjacent to an activating group) is 1. The van der Waals surface area contributed by atoms with Crippen LogP contribution in [0.3, 0.4) is 0 Å². The quantitative estimate of drug-likeness (QED) is 0.398. The second kappa shape index (κ2) is 10.2. The Morgan fingerprint density at radius 1 is 1.14 bits per heavy atom. The van der Waals surface area contributed by atoms with Crippen LogP contribution in [0.15, 0.2) is 55.0 Å². The highest BCUT2D eigenvalue weighted by atomic mass is 35.5. The van der Waals surface area contributed by atoms with Crippen molar-refractivity contribution in [2.24, 2.45) is 0 Å². The first kappa shape index (κ1) is 23.6. The van der Waals surface area contributed by atoms with Crippen LogP contribution in [0.1, 0.15) is 24.1 Å². The Balaban J connectivity index is 1.63. The summed E-state index contributed by atoms with van der Waals surface area (Å²) < 4.78 is 0. The number of nitrogens with one attached hydrogen (secondary N) is 2. The van der Waals surface area contributed by atoms with Crippen LogP contribution in [-0.4, -0.2) is 69.1 Å². The fourth-order valence-electron chi connectivity index (χ4n) is 4.40. The standard InChI is InChI=1S/C25H26ClN7OS/c1-16(34)30-22-13-18(7-8-27-22)21-14-20(24(35-21)25-28-15-29-31-25)23(17-3-5-19(26)6-4-17)33-11-9-32(2)10-12-33/h3-8,13-15,23H,9-12H2,1-2H3,(H,27,30,34)(H,28,29,31). The van der Waals surface area contributed by atoms with E-state index in [-0.39, 0.29) is 11.9 Å². The molecular formula is C25H26ClN7OS. The van der Waals surface area contributed by atoms with E-state index in [9.17, 15) is 4.79 Å². The minimum atomic E-state index is -0.151. The number of benzene rings is 1. The van der Waals surface area contributed by atoms with E-state index in [0.717, 1.165) is 57.9 Å². The van der Waals surface area contributed by atoms with E-state index >= 15 is 0 Å². The number of aromatic amines is 1. The van der Waals surface area contributed by atoms with Crippen LogP contribution >= 0.6 is 22.9 Å². The first-order valence-corrected chi connectivity index (χ1v) is 12.6. The molecule has 10 heteroatoms. The summed E-state index contributed by atoms with van der Waals surface area (Å²) in [5, 5.41) is 11.9. The molecule has 2 N–H and O–H groups in total. The van der Waals surface area contributed by atoms with Crippen molar-refractivity contribution in [3.05, 3.63) is 71.1 Å². The number of carbonyl (C=O) groups excluding carboxylic acids is 1. The molecule has 0 bridgehead atoms. The maximum Gasteiger partial charge on any atom is 0.222 e. The van der Waals surface area contributed by atoms with Gasteiger partial charge >= 0.3 is 0 Å². The van der Waals surface area contributed by atoms with Crippen LogP contribution in [0.2, 0.25) is 5.02 Å². The summed E-state index contributed by atoms with van der Waals surface area (Å²) in [7, 11) is 2.16. The first-order chi connectivity index (χ1) is 17.0. The van der Waals surface area contributed by atoms with Crippen molar-refractivity contribution in [1.29, 1.82) is 0 Å². The fraction of sp³-hybridized carbons (Fsp3) is 0.280. The number of hydrogen-bond donors (Lipinski definition) is 2. The average molecular weight is 508 g/mol. The van der Waals surface area contributed by atoms with Gasteiger partial charge in [0.05, 0.1) is 10.9 Å². The number of nitrogens with zero attached hydrogens (tertiary/aromatic N) is 5. The van der Waals surface area contributed by atoms with E-state index in [2.05, 4.69) is 60.5 Å². The average Bonchev–Trinajstić information content (AvgIpc) is 3.52. The van der Waals surface area contributed by atoms with Crippen LogP contribution in [0.4, 0.5) is 5.82 Å². The molecule has 4 aromatic rings. The van der Waals surface area contributed by atoms with Crippen LogP contribution in [0, 0.1) is 0 Å². The SMILES string of the molecule is CC(=O)Nc1cc(-c2cc(C(c3ccc(Cl)cc3)N3CCN(C)CC3)c(-c3nnc[nH]3)s2)ccn1. The molecule has 5 rings (SSSR count). The van der Waals surface area contributed by atoms with E-state index in [1.165, 1.54) is 12.5 Å². The zero-order valence-corrected chi connectivity index (χ0v) is 21.1. The van der Waals surface area contributed by atoms with E-state index in [1.54, 1.807) is 23.9 Å². The van der Waals surface area contributed by atoms with Crippen molar-refractivity contribution in [1.82, 2.24) is 30.0 Å². The lowest BCUT2D eigenvalue weighted by Crippen LogP contribution is -2.46. The van der Waals surface area contributed by atoms with Gasteiger partial charge in [-0.25, -0.2) is 4.98 Å². The predicted octanol–water partition coefficient (Wildman–Crippen LogP) is 4.54. The molecule has 8 nitrogen and oxygen atoms in total. The molecule has 1 atom stereocenters. The maximum atomic E-state index is 11.6. The Bertz CT molecular complexity index is 1300. The number of carbonyl (C=O) groups is 1. The van der Waals surface area contributed by atoms with Crippen molar-refractivity contribution in [2.45, 2.75) is 13.0 Å². The van der Waals surface area contributed by atoms with Crippen LogP contribution in [0.25, 0.3) is 21.1 Å². The molecule has 4 heterocycles. The van der Waals surface area contributed by atoms with Gasteiger partial charge in [-0.3, -0.25) is 9.69 Å². The Morgan fingerprint density at radius 2 is 1.91 bits per heavy atom. The topological polar surface area (TPSA) is 90.0 Å². The number of anilines is 1. The molecule has 0 spiro atoms. The third-order valence-corrected chi connectivity index (χ3v) is 7.58. The highest BCUT2D eigenvalue weighted by Crippen LogP contribution is 2.44. The lowest BCUT2D eigenvalue weighted by atomic mass is 9.95. The highest BCUT2D eigenvalue weighted by molar-refractivity contribution is 7.19. The maximum absolute atomic E-state index is 11.6. The molecule has 1 unspecified atom stereocenters. The molecule has 1 saturated heterocycles. The van der Waals surface area contributed by atoms with Gasteiger partial charge < -0.3 is 15.2 Å². The number of rotatable bonds is 6. The molecule has 0 saturated carbocycles. The van der Waals surface area contributed by atoms with E-state index in [1.807, 2.05) is 24.3 Å². The number of aromatic nitrogens is 4. The zero-order valence-electron chi connectivity index (χ0n) is 19.5. The van der Waals surface area contributed by atoms with Gasteiger partial charge in [0, 0.05) is 49.2 Å². The number of H-pyrrole nitrogens is 1. The molecule has 1 fully saturated rings. The molecule has 35 heavy (non-hydrogen) atoms. The molecule has 1 amide bonds. The predicted molar refractivity (Wildman–Crippen MR) is 140 cm³/mol. The molecule has 0 radical (unpaired) electrons. The molecule has 0 aliphatic carbocycles. The largest absolute Gasteiger partial charge is 0.327 e. The van der Waals surface area contributed by atoms with Gasteiger partial charge in [-0.2, -0.15) is 0 Å². The van der Waals surface area contributed by atoms with Gasteiger partial charge in [0.2, 0.25) is 5.91 Å². The number of hydrogen-bond acceptors (Lipinski definition) is 7. The third-order valence-electron chi connectivity index (χ3n) is 6.12. The van der Waals surface area contributed by atoms with Gasteiger partial charge in [0.25, 0.3) is 0 Å². The number of pyridine rings is 1. The second-order valence-electron chi connectivity index (χ2n) is 8.64. The monoisotopic (exact) mass is 507 g/mol. The fourth-order valence-corrected chi connectivity index (χ4v) is 5.66. The summed E-state index contributed by atoms with van der Waals surface area (Å²) in [6, 6.07) is 14.2.